The monoisotopic (exact) mass is 262 g/mol. The van der Waals surface area contributed by atoms with Gasteiger partial charge in [-0.05, 0) is 42.9 Å². The Labute approximate surface area is 114 Å². The zero-order valence-corrected chi connectivity index (χ0v) is 11.4. The molecule has 0 aromatic heterocycles. The predicted molar refractivity (Wildman–Crippen MR) is 73.3 cm³/mol. The standard InChI is InChI=1S/C15H20NO3/c1-18-13-7-5-11(9-14(13)19-2)6-8-15(17)16-10-12-3-4-12/h5,7-9,12H,3-4,6,10H2,1-2H3,(H,16,17). The van der Waals surface area contributed by atoms with Gasteiger partial charge >= 0.3 is 0 Å². The number of carbonyl (C=O) groups is 1. The molecule has 1 radical (unpaired) electrons. The van der Waals surface area contributed by atoms with Crippen LogP contribution in [0.5, 0.6) is 11.5 Å². The van der Waals surface area contributed by atoms with Gasteiger partial charge < -0.3 is 14.8 Å². The summed E-state index contributed by atoms with van der Waals surface area (Å²) in [5, 5.41) is 2.92. The lowest BCUT2D eigenvalue weighted by molar-refractivity contribution is -0.118. The smallest absolute Gasteiger partial charge is 0.224 e. The SMILES string of the molecule is COc1ccc(C[CH]C(=O)NCC2CC2)cc1OC. The second-order valence-electron chi connectivity index (χ2n) is 4.79. The van der Waals surface area contributed by atoms with E-state index < -0.39 is 0 Å². The lowest BCUT2D eigenvalue weighted by atomic mass is 10.1. The van der Waals surface area contributed by atoms with E-state index in [1.807, 2.05) is 18.2 Å². The van der Waals surface area contributed by atoms with Gasteiger partial charge in [-0.3, -0.25) is 4.79 Å². The second-order valence-corrected chi connectivity index (χ2v) is 4.79. The summed E-state index contributed by atoms with van der Waals surface area (Å²) in [6.07, 6.45) is 4.76. The average Bonchev–Trinajstić information content (AvgIpc) is 3.26. The lowest BCUT2D eigenvalue weighted by Crippen LogP contribution is -2.26. The highest BCUT2D eigenvalue weighted by Crippen LogP contribution is 2.28. The number of hydrogen-bond donors (Lipinski definition) is 1. The fourth-order valence-corrected chi connectivity index (χ4v) is 1.86. The highest BCUT2D eigenvalue weighted by Gasteiger charge is 2.21. The molecule has 1 aliphatic rings. The van der Waals surface area contributed by atoms with E-state index in [9.17, 15) is 4.79 Å². The Morgan fingerprint density at radius 3 is 2.68 bits per heavy atom. The van der Waals surface area contributed by atoms with Crippen LogP contribution in [0.4, 0.5) is 0 Å². The third-order valence-electron chi connectivity index (χ3n) is 3.23. The Morgan fingerprint density at radius 2 is 2.05 bits per heavy atom. The number of benzene rings is 1. The van der Waals surface area contributed by atoms with Crippen LogP contribution in [0.3, 0.4) is 0 Å². The average molecular weight is 262 g/mol. The minimum atomic E-state index is 0.00156. The Balaban J connectivity index is 1.82. The normalized spacial score (nSPS) is 14.0. The molecule has 4 heteroatoms. The van der Waals surface area contributed by atoms with Gasteiger partial charge in [-0.1, -0.05) is 6.07 Å². The number of rotatable bonds is 7. The maximum absolute atomic E-state index is 11.6. The maximum atomic E-state index is 11.6. The molecular weight excluding hydrogens is 242 g/mol. The van der Waals surface area contributed by atoms with Crippen molar-refractivity contribution in [2.75, 3.05) is 20.8 Å². The van der Waals surface area contributed by atoms with Crippen molar-refractivity contribution < 1.29 is 14.3 Å². The van der Waals surface area contributed by atoms with Gasteiger partial charge in [0.1, 0.15) is 0 Å². The summed E-state index contributed by atoms with van der Waals surface area (Å²) < 4.78 is 10.4. The summed E-state index contributed by atoms with van der Waals surface area (Å²) in [7, 11) is 3.21. The van der Waals surface area contributed by atoms with Crippen molar-refractivity contribution in [3.05, 3.63) is 30.2 Å². The predicted octanol–water partition coefficient (Wildman–Crippen LogP) is 1.98. The van der Waals surface area contributed by atoms with Gasteiger partial charge in [0, 0.05) is 6.54 Å². The third kappa shape index (κ3) is 4.16. The molecule has 1 aliphatic carbocycles. The molecule has 19 heavy (non-hydrogen) atoms. The molecule has 103 valence electrons. The summed E-state index contributed by atoms with van der Waals surface area (Å²) in [6, 6.07) is 5.68. The van der Waals surface area contributed by atoms with Crippen LogP contribution in [0.15, 0.2) is 18.2 Å². The number of hydrogen-bond acceptors (Lipinski definition) is 3. The number of carbonyl (C=O) groups excluding carboxylic acids is 1. The van der Waals surface area contributed by atoms with E-state index in [1.165, 1.54) is 12.8 Å². The molecule has 1 aromatic rings. The van der Waals surface area contributed by atoms with E-state index >= 15 is 0 Å². The second kappa shape index (κ2) is 6.45. The Hall–Kier alpha value is -1.71. The summed E-state index contributed by atoms with van der Waals surface area (Å²) in [5.74, 6) is 2.09. The van der Waals surface area contributed by atoms with Crippen LogP contribution in [0.2, 0.25) is 0 Å². The first kappa shape index (κ1) is 13.7. The van der Waals surface area contributed by atoms with Gasteiger partial charge in [-0.15, -0.1) is 0 Å². The Kier molecular flexibility index (Phi) is 4.66. The summed E-state index contributed by atoms with van der Waals surface area (Å²) in [4.78, 5) is 11.6. The minimum Gasteiger partial charge on any atom is -0.493 e. The van der Waals surface area contributed by atoms with Crippen LogP contribution in [0, 0.1) is 12.3 Å². The van der Waals surface area contributed by atoms with Crippen molar-refractivity contribution in [3.8, 4) is 11.5 Å². The molecule has 0 saturated heterocycles. The van der Waals surface area contributed by atoms with Crippen molar-refractivity contribution in [2.45, 2.75) is 19.3 Å². The molecular formula is C15H20NO3. The largest absolute Gasteiger partial charge is 0.493 e. The van der Waals surface area contributed by atoms with Gasteiger partial charge in [0.15, 0.2) is 11.5 Å². The molecule has 4 nitrogen and oxygen atoms in total. The molecule has 0 spiro atoms. The third-order valence-corrected chi connectivity index (χ3v) is 3.23. The van der Waals surface area contributed by atoms with Gasteiger partial charge in [-0.25, -0.2) is 0 Å². The van der Waals surface area contributed by atoms with Crippen LogP contribution in [-0.2, 0) is 11.2 Å². The molecule has 0 heterocycles. The van der Waals surface area contributed by atoms with Gasteiger partial charge in [0.2, 0.25) is 5.91 Å². The van der Waals surface area contributed by atoms with E-state index in [-0.39, 0.29) is 5.91 Å². The van der Waals surface area contributed by atoms with Gasteiger partial charge in [0.25, 0.3) is 0 Å². The summed E-state index contributed by atoms with van der Waals surface area (Å²) in [6.45, 7) is 0.807. The molecule has 0 aliphatic heterocycles. The van der Waals surface area contributed by atoms with E-state index in [2.05, 4.69) is 5.32 Å². The highest BCUT2D eigenvalue weighted by molar-refractivity contribution is 5.84. The summed E-state index contributed by atoms with van der Waals surface area (Å²) >= 11 is 0. The van der Waals surface area contributed by atoms with Crippen molar-refractivity contribution in [1.82, 2.24) is 5.32 Å². The van der Waals surface area contributed by atoms with Crippen LogP contribution in [0.1, 0.15) is 18.4 Å². The lowest BCUT2D eigenvalue weighted by Gasteiger charge is -2.09. The van der Waals surface area contributed by atoms with Crippen LogP contribution < -0.4 is 14.8 Å². The zero-order valence-electron chi connectivity index (χ0n) is 11.4. The first-order valence-electron chi connectivity index (χ1n) is 6.55. The molecule has 1 N–H and O–H groups in total. The fraction of sp³-hybridized carbons (Fsp3) is 0.467. The number of nitrogens with one attached hydrogen (secondary N) is 1. The van der Waals surface area contributed by atoms with Gasteiger partial charge in [0.05, 0.1) is 20.6 Å². The zero-order chi connectivity index (χ0) is 13.7. The minimum absolute atomic E-state index is 0.00156. The molecule has 0 unspecified atom stereocenters. The molecule has 1 aromatic carbocycles. The van der Waals surface area contributed by atoms with E-state index in [0.29, 0.717) is 23.8 Å². The van der Waals surface area contributed by atoms with E-state index in [0.717, 1.165) is 12.1 Å². The van der Waals surface area contributed by atoms with E-state index in [4.69, 9.17) is 9.47 Å². The topological polar surface area (TPSA) is 47.6 Å². The molecule has 1 saturated carbocycles. The van der Waals surface area contributed by atoms with E-state index in [1.54, 1.807) is 20.6 Å². The molecule has 0 atom stereocenters. The number of methoxy groups -OCH3 is 2. The summed E-state index contributed by atoms with van der Waals surface area (Å²) in [5.41, 5.74) is 1.03. The van der Waals surface area contributed by atoms with Crippen molar-refractivity contribution in [1.29, 1.82) is 0 Å². The molecule has 1 fully saturated rings. The van der Waals surface area contributed by atoms with Crippen molar-refractivity contribution in [2.24, 2.45) is 5.92 Å². The van der Waals surface area contributed by atoms with Crippen LogP contribution >= 0.6 is 0 Å². The number of amides is 1. The van der Waals surface area contributed by atoms with Crippen LogP contribution in [-0.4, -0.2) is 26.7 Å². The van der Waals surface area contributed by atoms with Crippen molar-refractivity contribution >= 4 is 5.91 Å². The molecule has 0 bridgehead atoms. The number of ether oxygens (including phenoxy) is 2. The van der Waals surface area contributed by atoms with Gasteiger partial charge in [-0.2, -0.15) is 0 Å². The highest BCUT2D eigenvalue weighted by atomic mass is 16.5. The quantitative estimate of drug-likeness (QED) is 0.817. The Bertz CT molecular complexity index is 441. The Morgan fingerprint density at radius 1 is 1.32 bits per heavy atom. The maximum Gasteiger partial charge on any atom is 0.224 e. The first-order chi connectivity index (χ1) is 9.22. The van der Waals surface area contributed by atoms with Crippen LogP contribution in [0.25, 0.3) is 0 Å². The molecule has 1 amide bonds. The first-order valence-corrected chi connectivity index (χ1v) is 6.55. The fourth-order valence-electron chi connectivity index (χ4n) is 1.86. The van der Waals surface area contributed by atoms with Crippen molar-refractivity contribution in [3.63, 3.8) is 0 Å². The molecule has 2 rings (SSSR count).